The molecule has 0 aliphatic carbocycles. The molecule has 0 aromatic rings. The monoisotopic (exact) mass is 232 g/mol. The van der Waals surface area contributed by atoms with Crippen molar-refractivity contribution in [1.29, 1.82) is 0 Å². The lowest BCUT2D eigenvalue weighted by molar-refractivity contribution is -0.116. The normalized spacial score (nSPS) is 10.6. The van der Waals surface area contributed by atoms with Gasteiger partial charge in [-0.3, -0.25) is 9.36 Å². The molecule has 0 fully saturated rings. The second-order valence-electron chi connectivity index (χ2n) is 2.88. The van der Waals surface area contributed by atoms with Gasteiger partial charge in [0.05, 0.1) is 0 Å². The fourth-order valence-electron chi connectivity index (χ4n) is 0.914. The Labute approximate surface area is 90.9 Å². The molecule has 0 unspecified atom stereocenters. The number of hydrogen-bond donors (Lipinski definition) is 0. The van der Waals surface area contributed by atoms with Crippen LogP contribution in [0.15, 0.2) is 0 Å². The largest absolute Gasteiger partial charge is 0.337 e. The van der Waals surface area contributed by atoms with E-state index in [1.807, 2.05) is 6.92 Å². The molecule has 0 atom stereocenters. The number of Topliss-reactive ketones (excluding diaryl/α,β-unsaturated/α-hetero) is 1. The average Bonchev–Trinajstić information content (AvgIpc) is 2.24. The van der Waals surface area contributed by atoms with Crippen molar-refractivity contribution < 1.29 is 18.4 Å². The van der Waals surface area contributed by atoms with Crippen LogP contribution in [0.5, 0.6) is 0 Å². The quantitative estimate of drug-likeness (QED) is 0.520. The predicted molar refractivity (Wildman–Crippen MR) is 58.8 cm³/mol. The van der Waals surface area contributed by atoms with Gasteiger partial charge >= 0.3 is 7.60 Å². The summed E-state index contributed by atoms with van der Waals surface area (Å²) < 4.78 is 20.9. The van der Waals surface area contributed by atoms with E-state index in [-0.39, 0.29) is 11.9 Å². The lowest BCUT2D eigenvalue weighted by Crippen LogP contribution is -2.07. The number of carbonyl (C=O) groups excluding carboxylic acids is 1. The highest BCUT2D eigenvalue weighted by Crippen LogP contribution is 2.46. The molecule has 86 valence electrons. The van der Waals surface area contributed by atoms with Crippen LogP contribution in [0.2, 0.25) is 0 Å². The van der Waals surface area contributed by atoms with Crippen molar-refractivity contribution >= 4 is 13.4 Å². The van der Waals surface area contributed by atoms with E-state index in [0.29, 0.717) is 12.8 Å². The van der Waals surface area contributed by atoms with Crippen LogP contribution in [0.3, 0.4) is 0 Å². The summed E-state index contributed by atoms with van der Waals surface area (Å²) in [4.78, 5) is 11.3. The molecule has 0 aliphatic rings. The zero-order chi connectivity index (χ0) is 11.7. The van der Waals surface area contributed by atoms with Gasteiger partial charge in [0.1, 0.15) is 11.9 Å². The summed E-state index contributed by atoms with van der Waals surface area (Å²) in [5.41, 5.74) is 0. The molecule has 0 amide bonds. The van der Waals surface area contributed by atoms with E-state index in [4.69, 9.17) is 0 Å². The summed E-state index contributed by atoms with van der Waals surface area (Å²) in [5.74, 6) is 5.56. The molecule has 0 N–H and O–H groups in total. The van der Waals surface area contributed by atoms with Gasteiger partial charge < -0.3 is 9.05 Å². The first-order valence-corrected chi connectivity index (χ1v) is 6.48. The molecule has 0 rings (SSSR count). The maximum absolute atomic E-state index is 11.5. The Morgan fingerprint density at radius 1 is 1.27 bits per heavy atom. The SMILES string of the molecule is CCC#CCCC(=O)CP(=O)(OC)OC. The van der Waals surface area contributed by atoms with Gasteiger partial charge in [-0.05, 0) is 0 Å². The van der Waals surface area contributed by atoms with Gasteiger partial charge in [-0.25, -0.2) is 0 Å². The molecule has 0 spiro atoms. The Balaban J connectivity index is 3.98. The fraction of sp³-hybridized carbons (Fsp3) is 0.700. The number of ketones is 1. The van der Waals surface area contributed by atoms with Crippen LogP contribution in [0, 0.1) is 11.8 Å². The van der Waals surface area contributed by atoms with Crippen molar-refractivity contribution in [3.05, 3.63) is 0 Å². The molecular weight excluding hydrogens is 215 g/mol. The zero-order valence-corrected chi connectivity index (χ0v) is 10.3. The molecule has 0 radical (unpaired) electrons. The first-order chi connectivity index (χ1) is 7.08. The molecule has 0 saturated heterocycles. The molecule has 0 bridgehead atoms. The molecule has 0 aromatic carbocycles. The minimum Gasteiger partial charge on any atom is -0.312 e. The first-order valence-electron chi connectivity index (χ1n) is 4.76. The summed E-state index contributed by atoms with van der Waals surface area (Å²) in [6.45, 7) is 1.94. The van der Waals surface area contributed by atoms with Crippen LogP contribution in [0.1, 0.15) is 26.2 Å². The van der Waals surface area contributed by atoms with Crippen LogP contribution in [0.4, 0.5) is 0 Å². The highest BCUT2D eigenvalue weighted by Gasteiger charge is 2.24. The molecule has 5 heteroatoms. The van der Waals surface area contributed by atoms with E-state index in [1.165, 1.54) is 14.2 Å². The summed E-state index contributed by atoms with van der Waals surface area (Å²) in [6, 6.07) is 0. The molecule has 15 heavy (non-hydrogen) atoms. The van der Waals surface area contributed by atoms with Crippen LogP contribution in [-0.2, 0) is 18.4 Å². The molecular formula is C10H17O4P. The van der Waals surface area contributed by atoms with Crippen molar-refractivity contribution in [2.45, 2.75) is 26.2 Å². The van der Waals surface area contributed by atoms with Crippen molar-refractivity contribution in [2.75, 3.05) is 20.4 Å². The highest BCUT2D eigenvalue weighted by molar-refractivity contribution is 7.54. The average molecular weight is 232 g/mol. The van der Waals surface area contributed by atoms with Gasteiger partial charge in [0.25, 0.3) is 0 Å². The van der Waals surface area contributed by atoms with Gasteiger partial charge in [-0.1, -0.05) is 6.92 Å². The summed E-state index contributed by atoms with van der Waals surface area (Å²) in [6.07, 6.45) is 1.40. The Bertz CT molecular complexity index is 292. The molecule has 0 aliphatic heterocycles. The van der Waals surface area contributed by atoms with Crippen molar-refractivity contribution in [1.82, 2.24) is 0 Å². The minimum absolute atomic E-state index is 0.146. The third-order valence-corrected chi connectivity index (χ3v) is 3.61. The van der Waals surface area contributed by atoms with Crippen molar-refractivity contribution in [3.8, 4) is 11.8 Å². The second kappa shape index (κ2) is 7.64. The molecule has 0 aromatic heterocycles. The third-order valence-electron chi connectivity index (χ3n) is 1.76. The molecule has 4 nitrogen and oxygen atoms in total. The number of carbonyl (C=O) groups is 1. The molecule has 0 saturated carbocycles. The standard InChI is InChI=1S/C10H17O4P/c1-4-5-6-7-8-10(11)9-15(12,13-2)14-3/h4,7-9H2,1-3H3. The minimum atomic E-state index is -3.19. The second-order valence-corrected chi connectivity index (χ2v) is 5.15. The van der Waals surface area contributed by atoms with Gasteiger partial charge in [0.15, 0.2) is 0 Å². The van der Waals surface area contributed by atoms with E-state index in [1.54, 1.807) is 0 Å². The van der Waals surface area contributed by atoms with Crippen molar-refractivity contribution in [2.24, 2.45) is 0 Å². The van der Waals surface area contributed by atoms with Crippen LogP contribution < -0.4 is 0 Å². The van der Waals surface area contributed by atoms with Crippen LogP contribution >= 0.6 is 7.60 Å². The summed E-state index contributed by atoms with van der Waals surface area (Å²) in [7, 11) is -0.646. The Hall–Kier alpha value is -0.620. The number of rotatable bonds is 6. The van der Waals surface area contributed by atoms with Crippen LogP contribution in [-0.4, -0.2) is 26.2 Å². The summed E-state index contributed by atoms with van der Waals surface area (Å²) >= 11 is 0. The van der Waals surface area contributed by atoms with Crippen molar-refractivity contribution in [3.63, 3.8) is 0 Å². The highest BCUT2D eigenvalue weighted by atomic mass is 31.2. The third kappa shape index (κ3) is 6.46. The Kier molecular flexibility index (Phi) is 7.33. The van der Waals surface area contributed by atoms with E-state index in [2.05, 4.69) is 20.9 Å². The van der Waals surface area contributed by atoms with Gasteiger partial charge in [0, 0.05) is 33.5 Å². The molecule has 0 heterocycles. The first kappa shape index (κ1) is 14.4. The Morgan fingerprint density at radius 2 is 1.87 bits per heavy atom. The van der Waals surface area contributed by atoms with Crippen LogP contribution in [0.25, 0.3) is 0 Å². The predicted octanol–water partition coefficient (Wildman–Crippen LogP) is 2.24. The van der Waals surface area contributed by atoms with E-state index in [9.17, 15) is 9.36 Å². The Morgan fingerprint density at radius 3 is 2.33 bits per heavy atom. The smallest absolute Gasteiger partial charge is 0.312 e. The van der Waals surface area contributed by atoms with E-state index in [0.717, 1.165) is 6.42 Å². The topological polar surface area (TPSA) is 52.6 Å². The maximum Gasteiger partial charge on any atom is 0.337 e. The fourth-order valence-corrected chi connectivity index (χ4v) is 1.91. The van der Waals surface area contributed by atoms with Gasteiger partial charge in [-0.2, -0.15) is 0 Å². The zero-order valence-electron chi connectivity index (χ0n) is 9.41. The van der Waals surface area contributed by atoms with Gasteiger partial charge in [-0.15, -0.1) is 11.8 Å². The van der Waals surface area contributed by atoms with E-state index < -0.39 is 7.60 Å². The summed E-state index contributed by atoms with van der Waals surface area (Å²) in [5, 5.41) is 0. The lowest BCUT2D eigenvalue weighted by Gasteiger charge is -2.11. The number of hydrogen-bond acceptors (Lipinski definition) is 4. The maximum atomic E-state index is 11.5. The van der Waals surface area contributed by atoms with E-state index >= 15 is 0 Å². The van der Waals surface area contributed by atoms with Gasteiger partial charge in [0.2, 0.25) is 0 Å². The lowest BCUT2D eigenvalue weighted by atomic mass is 10.2.